The number of methoxy groups -OCH3 is 1. The fourth-order valence-electron chi connectivity index (χ4n) is 2.94. The topological polar surface area (TPSA) is 78.4 Å². The molecule has 0 N–H and O–H groups in total. The zero-order valence-corrected chi connectivity index (χ0v) is 16.5. The number of ether oxygens (including phenoxy) is 1. The fourth-order valence-corrected chi connectivity index (χ4v) is 3.69. The van der Waals surface area contributed by atoms with Crippen LogP contribution in [0.3, 0.4) is 0 Å². The molecule has 0 aliphatic rings. The number of para-hydroxylation sites is 1. The van der Waals surface area contributed by atoms with Gasteiger partial charge in [0.15, 0.2) is 0 Å². The third-order valence-corrected chi connectivity index (χ3v) is 5.41. The number of thioether (sulfide) groups is 1. The Morgan fingerprint density at radius 3 is 2.64 bits per heavy atom. The van der Waals surface area contributed by atoms with E-state index in [9.17, 15) is 4.79 Å². The molecule has 4 aromatic rings. The zero-order valence-electron chi connectivity index (χ0n) is 15.7. The summed E-state index contributed by atoms with van der Waals surface area (Å²) in [4.78, 5) is 11.9. The van der Waals surface area contributed by atoms with E-state index in [1.807, 2.05) is 50.2 Å². The Morgan fingerprint density at radius 1 is 1.04 bits per heavy atom. The Morgan fingerprint density at radius 2 is 1.82 bits per heavy atom. The predicted octanol–water partition coefficient (Wildman–Crippen LogP) is 4.76. The van der Waals surface area contributed by atoms with E-state index in [-0.39, 0.29) is 5.63 Å². The van der Waals surface area contributed by atoms with E-state index in [0.29, 0.717) is 28.2 Å². The van der Waals surface area contributed by atoms with E-state index in [0.717, 1.165) is 27.6 Å². The molecular formula is C21H18N2O4S. The quantitative estimate of drug-likeness (QED) is 0.357. The lowest BCUT2D eigenvalue weighted by Gasteiger charge is -2.07. The normalized spacial score (nSPS) is 11.1. The maximum atomic E-state index is 11.9. The van der Waals surface area contributed by atoms with E-state index < -0.39 is 0 Å². The van der Waals surface area contributed by atoms with Crippen LogP contribution in [0.4, 0.5) is 0 Å². The fraction of sp³-hybridized carbons (Fsp3) is 0.190. The molecule has 0 aliphatic heterocycles. The van der Waals surface area contributed by atoms with Crippen LogP contribution in [0.15, 0.2) is 61.3 Å². The molecule has 6 nitrogen and oxygen atoms in total. The highest BCUT2D eigenvalue weighted by Crippen LogP contribution is 2.32. The van der Waals surface area contributed by atoms with Crippen molar-refractivity contribution in [2.24, 2.45) is 0 Å². The summed E-state index contributed by atoms with van der Waals surface area (Å²) in [6.45, 7) is 4.03. The van der Waals surface area contributed by atoms with E-state index in [1.165, 1.54) is 17.8 Å². The molecule has 0 fully saturated rings. The van der Waals surface area contributed by atoms with Gasteiger partial charge in [-0.2, -0.15) is 0 Å². The Balaban J connectivity index is 1.61. The molecular weight excluding hydrogens is 376 g/mol. The molecule has 28 heavy (non-hydrogen) atoms. The Kier molecular flexibility index (Phi) is 4.92. The highest BCUT2D eigenvalue weighted by Gasteiger charge is 2.14. The van der Waals surface area contributed by atoms with Gasteiger partial charge in [-0.15, -0.1) is 10.2 Å². The van der Waals surface area contributed by atoms with Crippen molar-refractivity contribution in [2.45, 2.75) is 24.8 Å². The summed E-state index contributed by atoms with van der Waals surface area (Å²) in [7, 11) is 1.60. The zero-order chi connectivity index (χ0) is 19.7. The SMILES string of the molecule is COc1ccccc1-c1nnc(SCc2cc(=O)oc3cc(C)c(C)cc23)o1. The van der Waals surface area contributed by atoms with Gasteiger partial charge >= 0.3 is 5.63 Å². The molecule has 0 bridgehead atoms. The van der Waals surface area contributed by atoms with Crippen LogP contribution >= 0.6 is 11.8 Å². The van der Waals surface area contributed by atoms with Gasteiger partial charge in [0.05, 0.1) is 12.7 Å². The van der Waals surface area contributed by atoms with E-state index in [1.54, 1.807) is 7.11 Å². The standard InChI is InChI=1S/C21H18N2O4S/c1-12-8-16-14(10-19(24)26-18(16)9-13(12)2)11-28-21-23-22-20(27-21)15-6-4-5-7-17(15)25-3/h4-10H,11H2,1-3H3. The smallest absolute Gasteiger partial charge is 0.336 e. The van der Waals surface area contributed by atoms with Gasteiger partial charge in [-0.1, -0.05) is 23.9 Å². The van der Waals surface area contributed by atoms with Crippen LogP contribution in [0.25, 0.3) is 22.4 Å². The summed E-state index contributed by atoms with van der Waals surface area (Å²) in [6.07, 6.45) is 0. The van der Waals surface area contributed by atoms with E-state index >= 15 is 0 Å². The van der Waals surface area contributed by atoms with Gasteiger partial charge < -0.3 is 13.6 Å². The largest absolute Gasteiger partial charge is 0.496 e. The maximum absolute atomic E-state index is 11.9. The first kappa shape index (κ1) is 18.3. The van der Waals surface area contributed by atoms with Gasteiger partial charge in [-0.25, -0.2) is 4.79 Å². The van der Waals surface area contributed by atoms with Crippen molar-refractivity contribution in [3.63, 3.8) is 0 Å². The average Bonchev–Trinajstić information content (AvgIpc) is 3.16. The first-order chi connectivity index (χ1) is 13.5. The number of nitrogens with zero attached hydrogens (tertiary/aromatic N) is 2. The number of hydrogen-bond acceptors (Lipinski definition) is 7. The second-order valence-corrected chi connectivity index (χ2v) is 7.31. The molecule has 0 saturated heterocycles. The minimum Gasteiger partial charge on any atom is -0.496 e. The molecule has 0 atom stereocenters. The summed E-state index contributed by atoms with van der Waals surface area (Å²) in [5.74, 6) is 1.57. The number of aromatic nitrogens is 2. The second kappa shape index (κ2) is 7.52. The van der Waals surface area contributed by atoms with Gasteiger partial charge in [-0.3, -0.25) is 0 Å². The maximum Gasteiger partial charge on any atom is 0.336 e. The van der Waals surface area contributed by atoms with Gasteiger partial charge in [0.2, 0.25) is 0 Å². The van der Waals surface area contributed by atoms with Crippen molar-refractivity contribution in [3.8, 4) is 17.2 Å². The molecule has 0 aliphatic carbocycles. The number of benzene rings is 2. The molecule has 0 amide bonds. The number of rotatable bonds is 5. The second-order valence-electron chi connectivity index (χ2n) is 6.39. The molecule has 142 valence electrons. The molecule has 0 radical (unpaired) electrons. The summed E-state index contributed by atoms with van der Waals surface area (Å²) >= 11 is 1.37. The van der Waals surface area contributed by atoms with Gasteiger partial charge in [0.1, 0.15) is 11.3 Å². The average molecular weight is 394 g/mol. The van der Waals surface area contributed by atoms with Crippen LogP contribution in [0, 0.1) is 13.8 Å². The third kappa shape index (κ3) is 3.53. The predicted molar refractivity (Wildman–Crippen MR) is 108 cm³/mol. The van der Waals surface area contributed by atoms with E-state index in [2.05, 4.69) is 10.2 Å². The minimum absolute atomic E-state index is 0.369. The van der Waals surface area contributed by atoms with Crippen molar-refractivity contribution < 1.29 is 13.6 Å². The lowest BCUT2D eigenvalue weighted by atomic mass is 10.0. The molecule has 7 heteroatoms. The summed E-state index contributed by atoms with van der Waals surface area (Å²) in [6, 6.07) is 12.9. The first-order valence-electron chi connectivity index (χ1n) is 8.69. The number of hydrogen-bond donors (Lipinski definition) is 0. The van der Waals surface area contributed by atoms with Crippen LogP contribution in [-0.4, -0.2) is 17.3 Å². The van der Waals surface area contributed by atoms with Crippen molar-refractivity contribution >= 4 is 22.7 Å². The Bertz CT molecular complexity index is 1210. The summed E-state index contributed by atoms with van der Waals surface area (Å²) in [5, 5.41) is 9.56. The highest BCUT2D eigenvalue weighted by atomic mass is 32.2. The van der Waals surface area contributed by atoms with Gasteiger partial charge in [-0.05, 0) is 54.8 Å². The lowest BCUT2D eigenvalue weighted by Crippen LogP contribution is -2.00. The van der Waals surface area contributed by atoms with Crippen molar-refractivity contribution in [2.75, 3.05) is 7.11 Å². The van der Waals surface area contributed by atoms with Crippen LogP contribution < -0.4 is 10.4 Å². The minimum atomic E-state index is -0.369. The molecule has 2 aromatic carbocycles. The lowest BCUT2D eigenvalue weighted by molar-refractivity contribution is 0.411. The molecule has 0 spiro atoms. The van der Waals surface area contributed by atoms with Crippen LogP contribution in [-0.2, 0) is 5.75 Å². The first-order valence-corrected chi connectivity index (χ1v) is 9.67. The molecule has 0 saturated carbocycles. The van der Waals surface area contributed by atoms with Crippen LogP contribution in [0.5, 0.6) is 5.75 Å². The number of aryl methyl sites for hydroxylation is 2. The Labute approximate surface area is 165 Å². The van der Waals surface area contributed by atoms with E-state index in [4.69, 9.17) is 13.6 Å². The van der Waals surface area contributed by atoms with Crippen LogP contribution in [0.2, 0.25) is 0 Å². The van der Waals surface area contributed by atoms with Crippen molar-refractivity contribution in [1.29, 1.82) is 0 Å². The monoisotopic (exact) mass is 394 g/mol. The number of fused-ring (bicyclic) bond motifs is 1. The van der Waals surface area contributed by atoms with Crippen molar-refractivity contribution in [3.05, 3.63) is 69.6 Å². The van der Waals surface area contributed by atoms with Crippen LogP contribution in [0.1, 0.15) is 16.7 Å². The Hall–Kier alpha value is -3.06. The third-order valence-electron chi connectivity index (χ3n) is 4.54. The molecule has 4 rings (SSSR count). The molecule has 0 unspecified atom stereocenters. The molecule has 2 aromatic heterocycles. The summed E-state index contributed by atoms with van der Waals surface area (Å²) in [5.41, 5.74) is 4.05. The van der Waals surface area contributed by atoms with Crippen molar-refractivity contribution in [1.82, 2.24) is 10.2 Å². The summed E-state index contributed by atoms with van der Waals surface area (Å²) < 4.78 is 16.5. The molecule has 2 heterocycles. The highest BCUT2D eigenvalue weighted by molar-refractivity contribution is 7.98. The van der Waals surface area contributed by atoms with Gasteiger partial charge in [0.25, 0.3) is 11.1 Å². The van der Waals surface area contributed by atoms with Gasteiger partial charge in [0, 0.05) is 17.2 Å².